The molecule has 0 saturated heterocycles. The molecule has 126 valence electrons. The number of benzene rings is 3. The first-order chi connectivity index (χ1) is 13.4. The van der Waals surface area contributed by atoms with E-state index in [0.29, 0.717) is 0 Å². The summed E-state index contributed by atoms with van der Waals surface area (Å²) >= 11 is 1.79. The lowest BCUT2D eigenvalue weighted by Crippen LogP contribution is -1.89. The van der Waals surface area contributed by atoms with Gasteiger partial charge in [-0.1, -0.05) is 60.7 Å². The number of thiophene rings is 1. The molecule has 6 rings (SSSR count). The molecule has 0 aliphatic rings. The number of fused-ring (bicyclic) bond motifs is 6. The van der Waals surface area contributed by atoms with Gasteiger partial charge in [0.15, 0.2) is 0 Å². The van der Waals surface area contributed by atoms with Crippen LogP contribution in [0.3, 0.4) is 0 Å². The molecule has 2 nitrogen and oxygen atoms in total. The molecule has 0 bridgehead atoms. The lowest BCUT2D eigenvalue weighted by atomic mass is 10.1. The van der Waals surface area contributed by atoms with E-state index in [4.69, 9.17) is 9.97 Å². The molecule has 0 fully saturated rings. The van der Waals surface area contributed by atoms with Crippen LogP contribution in [0.4, 0.5) is 0 Å². The molecule has 0 unspecified atom stereocenters. The van der Waals surface area contributed by atoms with Gasteiger partial charge >= 0.3 is 0 Å². The van der Waals surface area contributed by atoms with Crippen LogP contribution in [-0.4, -0.2) is 9.97 Å². The van der Waals surface area contributed by atoms with Crippen LogP contribution in [0.15, 0.2) is 85.1 Å². The van der Waals surface area contributed by atoms with Crippen molar-refractivity contribution in [1.82, 2.24) is 9.97 Å². The quantitative estimate of drug-likeness (QED) is 0.300. The first-order valence-electron chi connectivity index (χ1n) is 8.94. The van der Waals surface area contributed by atoms with E-state index in [1.807, 2.05) is 6.20 Å². The van der Waals surface area contributed by atoms with Gasteiger partial charge in [0.25, 0.3) is 0 Å². The molecular weight excluding hydrogens is 348 g/mol. The Bertz CT molecular complexity index is 1480. The van der Waals surface area contributed by atoms with Gasteiger partial charge in [-0.2, -0.15) is 0 Å². The van der Waals surface area contributed by atoms with Crippen molar-refractivity contribution < 1.29 is 0 Å². The van der Waals surface area contributed by atoms with Crippen molar-refractivity contribution in [3.8, 4) is 11.4 Å². The summed E-state index contributed by atoms with van der Waals surface area (Å²) in [6.45, 7) is 0. The van der Waals surface area contributed by atoms with Gasteiger partial charge in [0.05, 0.1) is 15.9 Å². The molecule has 27 heavy (non-hydrogen) atoms. The van der Waals surface area contributed by atoms with Crippen LogP contribution < -0.4 is 0 Å². The highest BCUT2D eigenvalue weighted by Gasteiger charge is 2.13. The van der Waals surface area contributed by atoms with Crippen molar-refractivity contribution in [3.63, 3.8) is 0 Å². The van der Waals surface area contributed by atoms with Crippen LogP contribution in [0.25, 0.3) is 53.2 Å². The Labute approximate surface area is 159 Å². The van der Waals surface area contributed by atoms with E-state index in [-0.39, 0.29) is 0 Å². The Hall–Kier alpha value is -3.30. The predicted molar refractivity (Wildman–Crippen MR) is 115 cm³/mol. The van der Waals surface area contributed by atoms with E-state index >= 15 is 0 Å². The topological polar surface area (TPSA) is 25.8 Å². The monoisotopic (exact) mass is 362 g/mol. The van der Waals surface area contributed by atoms with E-state index in [1.54, 1.807) is 11.3 Å². The Morgan fingerprint density at radius 3 is 2.37 bits per heavy atom. The lowest BCUT2D eigenvalue weighted by Gasteiger charge is -2.06. The van der Waals surface area contributed by atoms with E-state index in [1.165, 1.54) is 30.9 Å². The minimum atomic E-state index is 0.927. The lowest BCUT2D eigenvalue weighted by molar-refractivity contribution is 1.31. The Morgan fingerprint density at radius 1 is 0.630 bits per heavy atom. The fourth-order valence-electron chi connectivity index (χ4n) is 3.82. The molecule has 0 atom stereocenters. The van der Waals surface area contributed by atoms with Crippen molar-refractivity contribution in [2.24, 2.45) is 0 Å². The van der Waals surface area contributed by atoms with Gasteiger partial charge < -0.3 is 0 Å². The second-order valence-electron chi connectivity index (χ2n) is 6.69. The zero-order valence-electron chi connectivity index (χ0n) is 14.4. The normalized spacial score (nSPS) is 11.7. The molecular formula is C24H14N2S. The molecule has 0 amide bonds. The summed E-state index contributed by atoms with van der Waals surface area (Å²) in [5.41, 5.74) is 2.92. The standard InChI is InChI=1S/C24H14N2S/c1-2-6-17-15(5-1)9-10-16-11-12-20(26-22(16)17)23-24-19(13-14-25-23)18-7-3-4-8-21(18)27-24/h1-14H. The third kappa shape index (κ3) is 2.19. The SMILES string of the molecule is c1ccc2c(c1)ccc1ccc(-c3nccc4c3sc3ccccc34)nc12. The van der Waals surface area contributed by atoms with Crippen LogP contribution in [0.1, 0.15) is 0 Å². The van der Waals surface area contributed by atoms with Crippen molar-refractivity contribution in [2.75, 3.05) is 0 Å². The minimum Gasteiger partial charge on any atom is -0.253 e. The first-order valence-corrected chi connectivity index (χ1v) is 9.75. The molecule has 3 heteroatoms. The number of pyridine rings is 2. The van der Waals surface area contributed by atoms with Gasteiger partial charge in [-0.05, 0) is 23.6 Å². The predicted octanol–water partition coefficient (Wildman–Crippen LogP) is 6.82. The summed E-state index contributed by atoms with van der Waals surface area (Å²) < 4.78 is 2.48. The van der Waals surface area contributed by atoms with Gasteiger partial charge in [0.2, 0.25) is 0 Å². The van der Waals surface area contributed by atoms with Gasteiger partial charge in [-0.15, -0.1) is 11.3 Å². The van der Waals surface area contributed by atoms with Crippen LogP contribution in [-0.2, 0) is 0 Å². The van der Waals surface area contributed by atoms with E-state index in [2.05, 4.69) is 78.9 Å². The highest BCUT2D eigenvalue weighted by Crippen LogP contribution is 2.38. The Balaban J connectivity index is 1.69. The Morgan fingerprint density at radius 2 is 1.41 bits per heavy atom. The minimum absolute atomic E-state index is 0.927. The average molecular weight is 362 g/mol. The van der Waals surface area contributed by atoms with Gasteiger partial charge in [0.1, 0.15) is 5.69 Å². The fraction of sp³-hybridized carbons (Fsp3) is 0. The molecule has 0 aliphatic heterocycles. The van der Waals surface area contributed by atoms with Crippen LogP contribution in [0, 0.1) is 0 Å². The summed E-state index contributed by atoms with van der Waals surface area (Å²) in [4.78, 5) is 9.75. The molecule has 0 radical (unpaired) electrons. The molecule has 3 aromatic carbocycles. The highest BCUT2D eigenvalue weighted by molar-refractivity contribution is 7.26. The van der Waals surface area contributed by atoms with E-state index in [0.717, 1.165) is 22.3 Å². The number of aromatic nitrogens is 2. The largest absolute Gasteiger partial charge is 0.253 e. The zero-order chi connectivity index (χ0) is 17.8. The van der Waals surface area contributed by atoms with Crippen molar-refractivity contribution in [2.45, 2.75) is 0 Å². The van der Waals surface area contributed by atoms with Gasteiger partial charge in [-0.25, -0.2) is 4.98 Å². The fourth-order valence-corrected chi connectivity index (χ4v) is 5.02. The Kier molecular flexibility index (Phi) is 3.07. The van der Waals surface area contributed by atoms with Crippen molar-refractivity contribution in [3.05, 3.63) is 85.1 Å². The van der Waals surface area contributed by atoms with Gasteiger partial charge in [-0.3, -0.25) is 4.98 Å². The maximum atomic E-state index is 5.04. The summed E-state index contributed by atoms with van der Waals surface area (Å²) in [6.07, 6.45) is 1.89. The maximum Gasteiger partial charge on any atom is 0.106 e. The zero-order valence-corrected chi connectivity index (χ0v) is 15.2. The number of rotatable bonds is 1. The molecule has 6 aromatic rings. The summed E-state index contributed by atoms with van der Waals surface area (Å²) in [6, 6.07) is 27.6. The first kappa shape index (κ1) is 14.8. The van der Waals surface area contributed by atoms with Crippen LogP contribution in [0.5, 0.6) is 0 Å². The third-order valence-corrected chi connectivity index (χ3v) is 6.31. The molecule has 0 saturated carbocycles. The maximum absolute atomic E-state index is 5.04. The second-order valence-corrected chi connectivity index (χ2v) is 7.74. The molecule has 0 N–H and O–H groups in total. The summed E-state index contributed by atoms with van der Waals surface area (Å²) in [5, 5.41) is 6.08. The molecule has 0 aliphatic carbocycles. The van der Waals surface area contributed by atoms with Crippen LogP contribution in [0.2, 0.25) is 0 Å². The molecule has 3 heterocycles. The number of hydrogen-bond donors (Lipinski definition) is 0. The average Bonchev–Trinajstić information content (AvgIpc) is 3.12. The smallest absolute Gasteiger partial charge is 0.106 e. The number of hydrogen-bond acceptors (Lipinski definition) is 3. The number of nitrogens with zero attached hydrogens (tertiary/aromatic N) is 2. The van der Waals surface area contributed by atoms with Gasteiger partial charge in [0, 0.05) is 32.4 Å². The van der Waals surface area contributed by atoms with E-state index < -0.39 is 0 Å². The van der Waals surface area contributed by atoms with Crippen LogP contribution >= 0.6 is 11.3 Å². The second kappa shape index (κ2) is 5.60. The highest BCUT2D eigenvalue weighted by atomic mass is 32.1. The summed E-state index contributed by atoms with van der Waals surface area (Å²) in [7, 11) is 0. The van der Waals surface area contributed by atoms with Crippen molar-refractivity contribution in [1.29, 1.82) is 0 Å². The molecule has 3 aromatic heterocycles. The van der Waals surface area contributed by atoms with E-state index in [9.17, 15) is 0 Å². The summed E-state index contributed by atoms with van der Waals surface area (Å²) in [5.74, 6) is 0. The third-order valence-electron chi connectivity index (χ3n) is 5.12. The van der Waals surface area contributed by atoms with Crippen molar-refractivity contribution >= 4 is 53.2 Å². The molecule has 0 spiro atoms.